The number of amides is 1. The fourth-order valence-electron chi connectivity index (χ4n) is 2.48. The number of rotatable bonds is 6. The lowest BCUT2D eigenvalue weighted by molar-refractivity contribution is -0.123. The van der Waals surface area contributed by atoms with Gasteiger partial charge in [-0.05, 0) is 33.0 Å². The largest absolute Gasteiger partial charge is 0.353 e. The van der Waals surface area contributed by atoms with E-state index in [2.05, 4.69) is 20.6 Å². The number of aryl methyl sites for hydroxylation is 1. The van der Waals surface area contributed by atoms with Crippen LogP contribution in [0.15, 0.2) is 12.4 Å². The summed E-state index contributed by atoms with van der Waals surface area (Å²) in [5.74, 6) is 0.00898. The molecule has 2 N–H and O–H groups in total. The Labute approximate surface area is 114 Å². The zero-order valence-corrected chi connectivity index (χ0v) is 11.7. The van der Waals surface area contributed by atoms with Crippen molar-refractivity contribution in [3.63, 3.8) is 0 Å². The normalized spacial score (nSPS) is 17.6. The minimum absolute atomic E-state index is 0.00898. The third-order valence-corrected chi connectivity index (χ3v) is 3.53. The lowest BCUT2D eigenvalue weighted by atomic mass is 10.1. The maximum atomic E-state index is 12.1. The first-order valence-corrected chi connectivity index (χ1v) is 6.86. The molecule has 0 spiro atoms. The van der Waals surface area contributed by atoms with Gasteiger partial charge in [-0.1, -0.05) is 0 Å². The molecule has 1 aliphatic rings. The molecule has 0 aromatic carbocycles. The highest BCUT2D eigenvalue weighted by Crippen LogP contribution is 2.11. The summed E-state index contributed by atoms with van der Waals surface area (Å²) in [6.45, 7) is 3.97. The number of nitrogens with zero attached hydrogens (tertiary/aromatic N) is 3. The van der Waals surface area contributed by atoms with Gasteiger partial charge < -0.3 is 15.5 Å². The third-order valence-electron chi connectivity index (χ3n) is 3.53. The van der Waals surface area contributed by atoms with Crippen molar-refractivity contribution in [2.24, 2.45) is 7.05 Å². The molecule has 1 aromatic rings. The topological polar surface area (TPSA) is 62.2 Å². The van der Waals surface area contributed by atoms with Gasteiger partial charge in [0.05, 0.1) is 6.20 Å². The van der Waals surface area contributed by atoms with Gasteiger partial charge in [-0.15, -0.1) is 0 Å². The molecule has 1 unspecified atom stereocenters. The molecule has 106 valence electrons. The second-order valence-electron chi connectivity index (χ2n) is 5.01. The van der Waals surface area contributed by atoms with Crippen molar-refractivity contribution in [2.45, 2.75) is 18.9 Å². The van der Waals surface area contributed by atoms with Crippen molar-refractivity contribution in [3.05, 3.63) is 18.0 Å². The van der Waals surface area contributed by atoms with Crippen LogP contribution in [0, 0.1) is 0 Å². The van der Waals surface area contributed by atoms with Crippen LogP contribution < -0.4 is 10.6 Å². The Kier molecular flexibility index (Phi) is 4.93. The Hall–Kier alpha value is -1.40. The van der Waals surface area contributed by atoms with Gasteiger partial charge in [0.2, 0.25) is 5.91 Å². The highest BCUT2D eigenvalue weighted by Gasteiger charge is 2.20. The number of aromatic nitrogens is 2. The molecule has 1 atom stereocenters. The van der Waals surface area contributed by atoms with Gasteiger partial charge in [0.25, 0.3) is 0 Å². The van der Waals surface area contributed by atoms with E-state index in [0.29, 0.717) is 6.54 Å². The highest BCUT2D eigenvalue weighted by atomic mass is 16.2. The SMILES string of the molecule is CNC(C(=O)NCCN1CCCC1)c1cnn(C)c1. The first-order valence-electron chi connectivity index (χ1n) is 6.86. The summed E-state index contributed by atoms with van der Waals surface area (Å²) >= 11 is 0. The average Bonchev–Trinajstić information content (AvgIpc) is 3.02. The summed E-state index contributed by atoms with van der Waals surface area (Å²) in [6.07, 6.45) is 6.15. The van der Waals surface area contributed by atoms with Crippen molar-refractivity contribution < 1.29 is 4.79 Å². The molecule has 1 saturated heterocycles. The number of hydrogen-bond donors (Lipinski definition) is 2. The molecule has 6 heteroatoms. The fraction of sp³-hybridized carbons (Fsp3) is 0.692. The monoisotopic (exact) mass is 265 g/mol. The maximum absolute atomic E-state index is 12.1. The van der Waals surface area contributed by atoms with Crippen LogP contribution in [0.3, 0.4) is 0 Å². The van der Waals surface area contributed by atoms with Crippen molar-refractivity contribution in [1.82, 2.24) is 25.3 Å². The molecule has 2 heterocycles. The zero-order chi connectivity index (χ0) is 13.7. The highest BCUT2D eigenvalue weighted by molar-refractivity contribution is 5.82. The number of nitrogens with one attached hydrogen (secondary N) is 2. The van der Waals surface area contributed by atoms with Gasteiger partial charge in [0, 0.05) is 31.9 Å². The molecule has 0 aliphatic carbocycles. The van der Waals surface area contributed by atoms with Crippen LogP contribution in [-0.2, 0) is 11.8 Å². The standard InChI is InChI=1S/C13H23N5O/c1-14-12(11-9-16-17(2)10-11)13(19)15-5-8-18-6-3-4-7-18/h9-10,12,14H,3-8H2,1-2H3,(H,15,19). The second kappa shape index (κ2) is 6.68. The lowest BCUT2D eigenvalue weighted by Crippen LogP contribution is -2.39. The summed E-state index contributed by atoms with van der Waals surface area (Å²) in [7, 11) is 3.64. The van der Waals surface area contributed by atoms with Crippen molar-refractivity contribution in [3.8, 4) is 0 Å². The molecule has 1 amide bonds. The van der Waals surface area contributed by atoms with Gasteiger partial charge in [0.15, 0.2) is 0 Å². The number of hydrogen-bond acceptors (Lipinski definition) is 4. The summed E-state index contributed by atoms with van der Waals surface area (Å²) in [5.41, 5.74) is 0.892. The summed E-state index contributed by atoms with van der Waals surface area (Å²) in [4.78, 5) is 14.5. The van der Waals surface area contributed by atoms with E-state index in [-0.39, 0.29) is 11.9 Å². The Bertz CT molecular complexity index is 411. The predicted molar refractivity (Wildman–Crippen MR) is 73.7 cm³/mol. The molecule has 0 radical (unpaired) electrons. The average molecular weight is 265 g/mol. The minimum Gasteiger partial charge on any atom is -0.353 e. The predicted octanol–water partition coefficient (Wildman–Crippen LogP) is -0.107. The van der Waals surface area contributed by atoms with Crippen molar-refractivity contribution in [2.75, 3.05) is 33.2 Å². The number of carbonyl (C=O) groups is 1. The van der Waals surface area contributed by atoms with Crippen LogP contribution in [0.5, 0.6) is 0 Å². The van der Waals surface area contributed by atoms with Crippen LogP contribution >= 0.6 is 0 Å². The van der Waals surface area contributed by atoms with Crippen molar-refractivity contribution in [1.29, 1.82) is 0 Å². The van der Waals surface area contributed by atoms with Crippen LogP contribution in [0.25, 0.3) is 0 Å². The molecule has 2 rings (SSSR count). The van der Waals surface area contributed by atoms with Crippen LogP contribution in [-0.4, -0.2) is 53.8 Å². The first-order chi connectivity index (χ1) is 9.20. The van der Waals surface area contributed by atoms with Crippen LogP contribution in [0.1, 0.15) is 24.4 Å². The molecular weight excluding hydrogens is 242 g/mol. The Morgan fingerprint density at radius 1 is 1.47 bits per heavy atom. The Morgan fingerprint density at radius 3 is 2.79 bits per heavy atom. The lowest BCUT2D eigenvalue weighted by Gasteiger charge is -2.17. The summed E-state index contributed by atoms with van der Waals surface area (Å²) in [5, 5.41) is 10.1. The van der Waals surface area contributed by atoms with Gasteiger partial charge >= 0.3 is 0 Å². The quantitative estimate of drug-likeness (QED) is 0.753. The molecule has 0 saturated carbocycles. The summed E-state index contributed by atoms with van der Waals surface area (Å²) < 4.78 is 1.71. The number of likely N-dealkylation sites (N-methyl/N-ethyl adjacent to an activating group) is 1. The zero-order valence-electron chi connectivity index (χ0n) is 11.7. The van der Waals surface area contributed by atoms with E-state index in [1.807, 2.05) is 13.2 Å². The van der Waals surface area contributed by atoms with Crippen LogP contribution in [0.4, 0.5) is 0 Å². The Balaban J connectivity index is 1.79. The van der Waals surface area contributed by atoms with E-state index >= 15 is 0 Å². The van der Waals surface area contributed by atoms with E-state index in [0.717, 1.165) is 25.2 Å². The number of likely N-dealkylation sites (tertiary alicyclic amines) is 1. The third kappa shape index (κ3) is 3.78. The van der Waals surface area contributed by atoms with Gasteiger partial charge in [-0.2, -0.15) is 5.10 Å². The molecule has 19 heavy (non-hydrogen) atoms. The molecule has 1 fully saturated rings. The molecular formula is C13H23N5O. The van der Waals surface area contributed by atoms with Gasteiger partial charge in [-0.25, -0.2) is 0 Å². The molecule has 1 aliphatic heterocycles. The van der Waals surface area contributed by atoms with E-state index in [4.69, 9.17) is 0 Å². The fourth-order valence-corrected chi connectivity index (χ4v) is 2.48. The van der Waals surface area contributed by atoms with Gasteiger partial charge in [-0.3, -0.25) is 9.48 Å². The van der Waals surface area contributed by atoms with Crippen molar-refractivity contribution >= 4 is 5.91 Å². The first kappa shape index (κ1) is 14.0. The summed E-state index contributed by atoms with van der Waals surface area (Å²) in [6, 6.07) is -0.327. The smallest absolute Gasteiger partial charge is 0.241 e. The molecule has 0 bridgehead atoms. The van der Waals surface area contributed by atoms with E-state index in [1.165, 1.54) is 12.8 Å². The van der Waals surface area contributed by atoms with E-state index < -0.39 is 0 Å². The maximum Gasteiger partial charge on any atom is 0.241 e. The second-order valence-corrected chi connectivity index (χ2v) is 5.01. The molecule has 6 nitrogen and oxygen atoms in total. The van der Waals surface area contributed by atoms with Crippen LogP contribution in [0.2, 0.25) is 0 Å². The van der Waals surface area contributed by atoms with E-state index in [9.17, 15) is 4.79 Å². The van der Waals surface area contributed by atoms with E-state index in [1.54, 1.807) is 17.9 Å². The van der Waals surface area contributed by atoms with Gasteiger partial charge in [0.1, 0.15) is 6.04 Å². The Morgan fingerprint density at radius 2 is 2.21 bits per heavy atom. The number of carbonyl (C=O) groups excluding carboxylic acids is 1. The molecule has 1 aromatic heterocycles. The minimum atomic E-state index is -0.327.